The molecule has 0 unspecified atom stereocenters. The molecular weight excluding hydrogens is 348 g/mol. The van der Waals surface area contributed by atoms with Crippen LogP contribution in [0.5, 0.6) is 0 Å². The van der Waals surface area contributed by atoms with Crippen molar-refractivity contribution in [3.8, 4) is 0 Å². The Morgan fingerprint density at radius 3 is 2.85 bits per heavy atom. The number of hydrogen-bond donors (Lipinski definition) is 2. The molecule has 2 aromatic rings. The summed E-state index contributed by atoms with van der Waals surface area (Å²) in [6.07, 6.45) is 9.32. The maximum atomic E-state index is 12.9. The highest BCUT2D eigenvalue weighted by atomic mass is 32.1. The monoisotopic (exact) mass is 374 g/mol. The van der Waals surface area contributed by atoms with Gasteiger partial charge in [-0.3, -0.25) is 14.3 Å². The van der Waals surface area contributed by atoms with Gasteiger partial charge in [0.05, 0.1) is 11.8 Å². The standard InChI is InChI=1S/C19H26N4O2S/c1-3-9-23-12-13(11-21-23)10-20-18(25)17-14-7-5-6-8-15(14)26-19(17)22-16(24)4-2/h11-12H,3-10H2,1-2H3,(H,20,25)(H,22,24). The number of carbonyl (C=O) groups is 2. The Morgan fingerprint density at radius 1 is 1.27 bits per heavy atom. The number of fused-ring (bicyclic) bond motifs is 1. The summed E-state index contributed by atoms with van der Waals surface area (Å²) in [6, 6.07) is 0. The van der Waals surface area contributed by atoms with Crippen molar-refractivity contribution in [2.24, 2.45) is 0 Å². The fraction of sp³-hybridized carbons (Fsp3) is 0.526. The van der Waals surface area contributed by atoms with Crippen LogP contribution in [0.2, 0.25) is 0 Å². The molecule has 3 rings (SSSR count). The summed E-state index contributed by atoms with van der Waals surface area (Å²) in [6.45, 7) is 5.24. The lowest BCUT2D eigenvalue weighted by atomic mass is 9.95. The summed E-state index contributed by atoms with van der Waals surface area (Å²) < 4.78 is 1.89. The van der Waals surface area contributed by atoms with Gasteiger partial charge in [-0.2, -0.15) is 5.10 Å². The van der Waals surface area contributed by atoms with Gasteiger partial charge < -0.3 is 10.6 Å². The van der Waals surface area contributed by atoms with E-state index in [0.29, 0.717) is 23.5 Å². The number of rotatable bonds is 7. The lowest BCUT2D eigenvalue weighted by Crippen LogP contribution is -2.25. The average molecular weight is 375 g/mol. The summed E-state index contributed by atoms with van der Waals surface area (Å²) >= 11 is 1.56. The van der Waals surface area contributed by atoms with Crippen LogP contribution in [-0.4, -0.2) is 21.6 Å². The van der Waals surface area contributed by atoms with Crippen LogP contribution < -0.4 is 10.6 Å². The molecule has 0 atom stereocenters. The van der Waals surface area contributed by atoms with Gasteiger partial charge in [-0.1, -0.05) is 13.8 Å². The lowest BCUT2D eigenvalue weighted by molar-refractivity contribution is -0.115. The third-order valence-corrected chi connectivity index (χ3v) is 5.77. The van der Waals surface area contributed by atoms with Crippen molar-refractivity contribution in [1.29, 1.82) is 0 Å². The maximum absolute atomic E-state index is 12.9. The number of carbonyl (C=O) groups excluding carboxylic acids is 2. The molecule has 7 heteroatoms. The summed E-state index contributed by atoms with van der Waals surface area (Å²) in [4.78, 5) is 26.0. The highest BCUT2D eigenvalue weighted by Crippen LogP contribution is 2.38. The number of nitrogens with one attached hydrogen (secondary N) is 2. The molecule has 2 aromatic heterocycles. The maximum Gasteiger partial charge on any atom is 0.254 e. The Hall–Kier alpha value is -2.15. The van der Waals surface area contributed by atoms with Gasteiger partial charge in [-0.25, -0.2) is 0 Å². The molecule has 1 aliphatic rings. The Kier molecular flexibility index (Phi) is 6.08. The fourth-order valence-electron chi connectivity index (χ4n) is 3.23. The summed E-state index contributed by atoms with van der Waals surface area (Å²) in [5.74, 6) is -0.169. The Morgan fingerprint density at radius 2 is 2.08 bits per heavy atom. The van der Waals surface area contributed by atoms with Crippen LogP contribution in [0.1, 0.15) is 65.9 Å². The molecule has 2 amide bonds. The SMILES string of the molecule is CCCn1cc(CNC(=O)c2c(NC(=O)CC)sc3c2CCCC3)cn1. The minimum absolute atomic E-state index is 0.0570. The number of aromatic nitrogens is 2. The number of aryl methyl sites for hydroxylation is 2. The van der Waals surface area contributed by atoms with E-state index in [9.17, 15) is 9.59 Å². The molecule has 26 heavy (non-hydrogen) atoms. The zero-order valence-corrected chi connectivity index (χ0v) is 16.2. The summed E-state index contributed by atoms with van der Waals surface area (Å²) in [5, 5.41) is 10.9. The molecule has 6 nitrogen and oxygen atoms in total. The molecule has 0 spiro atoms. The average Bonchev–Trinajstić information content (AvgIpc) is 3.23. The Balaban J connectivity index is 1.76. The van der Waals surface area contributed by atoms with Crippen LogP contribution in [0.4, 0.5) is 5.00 Å². The topological polar surface area (TPSA) is 76.0 Å². The first-order valence-electron chi connectivity index (χ1n) is 9.36. The van der Waals surface area contributed by atoms with Crippen molar-refractivity contribution in [2.75, 3.05) is 5.32 Å². The van der Waals surface area contributed by atoms with E-state index in [4.69, 9.17) is 0 Å². The molecule has 0 aliphatic heterocycles. The van der Waals surface area contributed by atoms with E-state index in [-0.39, 0.29) is 11.8 Å². The molecule has 0 bridgehead atoms. The van der Waals surface area contributed by atoms with Crippen LogP contribution in [0.3, 0.4) is 0 Å². The van der Waals surface area contributed by atoms with E-state index in [1.54, 1.807) is 17.5 Å². The fourth-order valence-corrected chi connectivity index (χ4v) is 4.53. The Bertz CT molecular complexity index is 794. The summed E-state index contributed by atoms with van der Waals surface area (Å²) in [5.41, 5.74) is 2.76. The second kappa shape index (κ2) is 8.49. The smallest absolute Gasteiger partial charge is 0.254 e. The predicted molar refractivity (Wildman–Crippen MR) is 104 cm³/mol. The van der Waals surface area contributed by atoms with Crippen LogP contribution in [0, 0.1) is 0 Å². The zero-order chi connectivity index (χ0) is 18.5. The second-order valence-corrected chi connectivity index (χ2v) is 7.72. The van der Waals surface area contributed by atoms with E-state index in [0.717, 1.165) is 49.8 Å². The molecule has 0 saturated heterocycles. The van der Waals surface area contributed by atoms with Gasteiger partial charge in [0, 0.05) is 36.1 Å². The highest BCUT2D eigenvalue weighted by molar-refractivity contribution is 7.17. The third kappa shape index (κ3) is 4.15. The van der Waals surface area contributed by atoms with E-state index in [1.165, 1.54) is 4.88 Å². The number of hydrogen-bond acceptors (Lipinski definition) is 4. The second-order valence-electron chi connectivity index (χ2n) is 6.61. The molecule has 0 aromatic carbocycles. The third-order valence-electron chi connectivity index (χ3n) is 4.56. The predicted octanol–water partition coefficient (Wildman–Crippen LogP) is 3.51. The van der Waals surface area contributed by atoms with Gasteiger partial charge in [-0.05, 0) is 37.7 Å². The normalized spacial score (nSPS) is 13.3. The van der Waals surface area contributed by atoms with Crippen LogP contribution >= 0.6 is 11.3 Å². The van der Waals surface area contributed by atoms with Gasteiger partial charge in [0.1, 0.15) is 5.00 Å². The first kappa shape index (κ1) is 18.6. The molecule has 2 heterocycles. The van der Waals surface area contributed by atoms with Gasteiger partial charge in [0.25, 0.3) is 5.91 Å². The molecule has 0 saturated carbocycles. The van der Waals surface area contributed by atoms with Crippen molar-refractivity contribution in [3.05, 3.63) is 34.0 Å². The van der Waals surface area contributed by atoms with Crippen LogP contribution in [-0.2, 0) is 30.7 Å². The van der Waals surface area contributed by atoms with Crippen molar-refractivity contribution >= 4 is 28.2 Å². The summed E-state index contributed by atoms with van der Waals surface area (Å²) in [7, 11) is 0. The van der Waals surface area contributed by atoms with Crippen LogP contribution in [0.25, 0.3) is 0 Å². The molecule has 2 N–H and O–H groups in total. The largest absolute Gasteiger partial charge is 0.348 e. The van der Waals surface area contributed by atoms with Gasteiger partial charge >= 0.3 is 0 Å². The number of anilines is 1. The van der Waals surface area contributed by atoms with Crippen molar-refractivity contribution in [3.63, 3.8) is 0 Å². The van der Waals surface area contributed by atoms with E-state index < -0.39 is 0 Å². The van der Waals surface area contributed by atoms with Gasteiger partial charge in [0.15, 0.2) is 0 Å². The van der Waals surface area contributed by atoms with Gasteiger partial charge in [0.2, 0.25) is 5.91 Å². The van der Waals surface area contributed by atoms with E-state index >= 15 is 0 Å². The zero-order valence-electron chi connectivity index (χ0n) is 15.4. The highest BCUT2D eigenvalue weighted by Gasteiger charge is 2.26. The number of thiophene rings is 1. The molecule has 1 aliphatic carbocycles. The van der Waals surface area contributed by atoms with Crippen molar-refractivity contribution < 1.29 is 9.59 Å². The Labute approximate surface area is 158 Å². The van der Waals surface area contributed by atoms with Crippen LogP contribution in [0.15, 0.2) is 12.4 Å². The van der Waals surface area contributed by atoms with Gasteiger partial charge in [-0.15, -0.1) is 11.3 Å². The minimum atomic E-state index is -0.112. The quantitative estimate of drug-likeness (QED) is 0.779. The van der Waals surface area contributed by atoms with E-state index in [1.807, 2.05) is 17.8 Å². The van der Waals surface area contributed by atoms with E-state index in [2.05, 4.69) is 22.7 Å². The molecule has 0 fully saturated rings. The first-order valence-corrected chi connectivity index (χ1v) is 10.2. The molecular formula is C19H26N4O2S. The number of amides is 2. The molecule has 140 valence electrons. The van der Waals surface area contributed by atoms with Crippen molar-refractivity contribution in [2.45, 2.75) is 65.5 Å². The lowest BCUT2D eigenvalue weighted by Gasteiger charge is -2.13. The number of nitrogens with zero attached hydrogens (tertiary/aromatic N) is 2. The van der Waals surface area contributed by atoms with Crippen molar-refractivity contribution in [1.82, 2.24) is 15.1 Å². The molecule has 0 radical (unpaired) electrons. The first-order chi connectivity index (χ1) is 12.6. The minimum Gasteiger partial charge on any atom is -0.348 e.